The van der Waals surface area contributed by atoms with Gasteiger partial charge in [-0.3, -0.25) is 4.90 Å². The maximum atomic E-state index is 11.8. The zero-order valence-corrected chi connectivity index (χ0v) is 13.0. The Morgan fingerprint density at radius 1 is 1.13 bits per heavy atom. The molecule has 0 atom stereocenters. The number of carbonyl (C=O) groups excluding carboxylic acids is 1. The Kier molecular flexibility index (Phi) is 5.29. The number of aromatic nitrogens is 1. The molecule has 0 aliphatic carbocycles. The van der Waals surface area contributed by atoms with Crippen LogP contribution in [0.2, 0.25) is 0 Å². The number of rotatable bonds is 5. The van der Waals surface area contributed by atoms with E-state index in [1.807, 2.05) is 41.2 Å². The summed E-state index contributed by atoms with van der Waals surface area (Å²) in [7, 11) is 0. The third-order valence-electron chi connectivity index (χ3n) is 3.75. The summed E-state index contributed by atoms with van der Waals surface area (Å²) in [5, 5.41) is 2.77. The van der Waals surface area contributed by atoms with Crippen LogP contribution < -0.4 is 10.1 Å². The first-order valence-electron chi connectivity index (χ1n) is 7.80. The standard InChI is InChI=1S/C17H21N3O3/c21-17(18-7-10-19-11-13-22-14-12-19)23-16-5-3-15(4-6-16)20-8-1-2-9-20/h1-6,8-9H,7,10-14H2,(H,18,21). The van der Waals surface area contributed by atoms with Gasteiger partial charge in [0.05, 0.1) is 13.2 Å². The van der Waals surface area contributed by atoms with Gasteiger partial charge in [0.25, 0.3) is 0 Å². The number of nitrogens with zero attached hydrogens (tertiary/aromatic N) is 2. The topological polar surface area (TPSA) is 55.7 Å². The van der Waals surface area contributed by atoms with E-state index in [1.54, 1.807) is 12.1 Å². The summed E-state index contributed by atoms with van der Waals surface area (Å²) in [6.45, 7) is 4.73. The highest BCUT2D eigenvalue weighted by molar-refractivity contribution is 5.70. The molecular weight excluding hydrogens is 294 g/mol. The van der Waals surface area contributed by atoms with Crippen LogP contribution in [0.1, 0.15) is 0 Å². The molecule has 1 aromatic heterocycles. The van der Waals surface area contributed by atoms with Crippen molar-refractivity contribution >= 4 is 6.09 Å². The van der Waals surface area contributed by atoms with Crippen molar-refractivity contribution in [2.75, 3.05) is 39.4 Å². The van der Waals surface area contributed by atoms with Crippen LogP contribution in [0.4, 0.5) is 4.79 Å². The minimum absolute atomic E-state index is 0.424. The van der Waals surface area contributed by atoms with Gasteiger partial charge in [0.1, 0.15) is 5.75 Å². The Morgan fingerprint density at radius 2 is 1.83 bits per heavy atom. The summed E-state index contributed by atoms with van der Waals surface area (Å²) in [5.41, 5.74) is 1.02. The summed E-state index contributed by atoms with van der Waals surface area (Å²) in [4.78, 5) is 14.0. The molecule has 23 heavy (non-hydrogen) atoms. The number of hydrogen-bond donors (Lipinski definition) is 1. The van der Waals surface area contributed by atoms with Crippen molar-refractivity contribution in [3.05, 3.63) is 48.8 Å². The monoisotopic (exact) mass is 315 g/mol. The number of nitrogens with one attached hydrogen (secondary N) is 1. The van der Waals surface area contributed by atoms with Crippen molar-refractivity contribution in [1.29, 1.82) is 0 Å². The van der Waals surface area contributed by atoms with Crippen LogP contribution in [-0.4, -0.2) is 55.0 Å². The first-order chi connectivity index (χ1) is 11.3. The molecule has 1 amide bonds. The fourth-order valence-electron chi connectivity index (χ4n) is 2.48. The molecule has 3 rings (SSSR count). The maximum Gasteiger partial charge on any atom is 0.412 e. The summed E-state index contributed by atoms with van der Waals surface area (Å²) < 4.78 is 12.6. The van der Waals surface area contributed by atoms with Crippen LogP contribution >= 0.6 is 0 Å². The van der Waals surface area contributed by atoms with E-state index in [0.29, 0.717) is 12.3 Å². The summed E-state index contributed by atoms with van der Waals surface area (Å²) >= 11 is 0. The number of benzene rings is 1. The van der Waals surface area contributed by atoms with E-state index in [0.717, 1.165) is 38.5 Å². The molecule has 6 nitrogen and oxygen atoms in total. The van der Waals surface area contributed by atoms with E-state index >= 15 is 0 Å². The quantitative estimate of drug-likeness (QED) is 0.915. The molecule has 1 saturated heterocycles. The highest BCUT2D eigenvalue weighted by Crippen LogP contribution is 2.15. The van der Waals surface area contributed by atoms with Gasteiger partial charge < -0.3 is 19.4 Å². The second-order valence-corrected chi connectivity index (χ2v) is 5.35. The van der Waals surface area contributed by atoms with Gasteiger partial charge in [0, 0.05) is 44.3 Å². The van der Waals surface area contributed by atoms with Gasteiger partial charge in [-0.05, 0) is 36.4 Å². The molecule has 2 heterocycles. The highest BCUT2D eigenvalue weighted by Gasteiger charge is 2.10. The summed E-state index contributed by atoms with van der Waals surface area (Å²) in [6, 6.07) is 11.3. The maximum absolute atomic E-state index is 11.8. The summed E-state index contributed by atoms with van der Waals surface area (Å²) in [6.07, 6.45) is 3.51. The SMILES string of the molecule is O=C(NCCN1CCOCC1)Oc1ccc(-n2cccc2)cc1. The number of hydrogen-bond acceptors (Lipinski definition) is 4. The Labute approximate surface area is 135 Å². The third-order valence-corrected chi connectivity index (χ3v) is 3.75. The zero-order chi connectivity index (χ0) is 15.9. The number of carbonyl (C=O) groups is 1. The predicted octanol–water partition coefficient (Wildman–Crippen LogP) is 1.90. The molecule has 1 aliphatic rings. The van der Waals surface area contributed by atoms with Gasteiger partial charge in [0.15, 0.2) is 0 Å². The van der Waals surface area contributed by atoms with Gasteiger partial charge in [-0.1, -0.05) is 0 Å². The van der Waals surface area contributed by atoms with Crippen LogP contribution in [0.15, 0.2) is 48.8 Å². The Bertz CT molecular complexity index is 605. The second kappa shape index (κ2) is 7.80. The Balaban J connectivity index is 1.42. The van der Waals surface area contributed by atoms with Gasteiger partial charge >= 0.3 is 6.09 Å². The average molecular weight is 315 g/mol. The molecule has 0 bridgehead atoms. The zero-order valence-electron chi connectivity index (χ0n) is 13.0. The third kappa shape index (κ3) is 4.58. The highest BCUT2D eigenvalue weighted by atomic mass is 16.6. The average Bonchev–Trinajstić information content (AvgIpc) is 3.11. The molecule has 6 heteroatoms. The van der Waals surface area contributed by atoms with Gasteiger partial charge in [-0.25, -0.2) is 4.79 Å². The lowest BCUT2D eigenvalue weighted by Gasteiger charge is -2.26. The normalized spacial score (nSPS) is 15.3. The van der Waals surface area contributed by atoms with Crippen molar-refractivity contribution in [2.45, 2.75) is 0 Å². The molecule has 1 aliphatic heterocycles. The Morgan fingerprint density at radius 3 is 2.52 bits per heavy atom. The second-order valence-electron chi connectivity index (χ2n) is 5.35. The smallest absolute Gasteiger partial charge is 0.410 e. The van der Waals surface area contributed by atoms with E-state index in [-0.39, 0.29) is 0 Å². The lowest BCUT2D eigenvalue weighted by molar-refractivity contribution is 0.0385. The fraction of sp³-hybridized carbons (Fsp3) is 0.353. The predicted molar refractivity (Wildman–Crippen MR) is 87.1 cm³/mol. The summed E-state index contributed by atoms with van der Waals surface area (Å²) in [5.74, 6) is 0.532. The lowest BCUT2D eigenvalue weighted by atomic mass is 10.3. The fourth-order valence-corrected chi connectivity index (χ4v) is 2.48. The van der Waals surface area contributed by atoms with Crippen LogP contribution in [0.5, 0.6) is 5.75 Å². The van der Waals surface area contributed by atoms with Crippen molar-refractivity contribution in [3.63, 3.8) is 0 Å². The molecule has 0 radical (unpaired) electrons. The molecule has 1 fully saturated rings. The van der Waals surface area contributed by atoms with E-state index in [9.17, 15) is 4.79 Å². The molecule has 1 aromatic carbocycles. The van der Waals surface area contributed by atoms with E-state index in [2.05, 4.69) is 10.2 Å². The number of amides is 1. The molecule has 0 saturated carbocycles. The van der Waals surface area contributed by atoms with Crippen molar-refractivity contribution in [2.24, 2.45) is 0 Å². The van der Waals surface area contributed by atoms with E-state index < -0.39 is 6.09 Å². The van der Waals surface area contributed by atoms with Crippen LogP contribution in [-0.2, 0) is 4.74 Å². The lowest BCUT2D eigenvalue weighted by Crippen LogP contribution is -2.41. The van der Waals surface area contributed by atoms with E-state index in [1.165, 1.54) is 0 Å². The van der Waals surface area contributed by atoms with Gasteiger partial charge in [-0.2, -0.15) is 0 Å². The molecule has 1 N–H and O–H groups in total. The molecular formula is C17H21N3O3. The van der Waals surface area contributed by atoms with Gasteiger partial charge in [-0.15, -0.1) is 0 Å². The van der Waals surface area contributed by atoms with E-state index in [4.69, 9.17) is 9.47 Å². The largest absolute Gasteiger partial charge is 0.412 e. The van der Waals surface area contributed by atoms with Crippen LogP contribution in [0.3, 0.4) is 0 Å². The molecule has 0 unspecified atom stereocenters. The van der Waals surface area contributed by atoms with Crippen LogP contribution in [0, 0.1) is 0 Å². The first kappa shape index (κ1) is 15.6. The number of morpholine rings is 1. The minimum atomic E-state index is -0.424. The molecule has 2 aromatic rings. The van der Waals surface area contributed by atoms with Crippen molar-refractivity contribution in [1.82, 2.24) is 14.8 Å². The molecule has 0 spiro atoms. The first-order valence-corrected chi connectivity index (χ1v) is 7.80. The molecule has 122 valence electrons. The van der Waals surface area contributed by atoms with Gasteiger partial charge in [0.2, 0.25) is 0 Å². The minimum Gasteiger partial charge on any atom is -0.410 e. The Hall–Kier alpha value is -2.31. The number of ether oxygens (including phenoxy) is 2. The van der Waals surface area contributed by atoms with Crippen molar-refractivity contribution < 1.29 is 14.3 Å². The van der Waals surface area contributed by atoms with Crippen molar-refractivity contribution in [3.8, 4) is 11.4 Å². The van der Waals surface area contributed by atoms with Crippen LogP contribution in [0.25, 0.3) is 5.69 Å².